The maximum Gasteiger partial charge on any atom is 0.149 e. The fourth-order valence-corrected chi connectivity index (χ4v) is 9.01. The largest absolute Gasteiger partial charge is 0.507 e. The maximum absolute atomic E-state index is 11.6. The van der Waals surface area contributed by atoms with Crippen molar-refractivity contribution in [2.45, 2.75) is 45.9 Å². The van der Waals surface area contributed by atoms with Crippen LogP contribution in [0.25, 0.3) is 95.0 Å². The van der Waals surface area contributed by atoms with E-state index in [1.54, 1.807) is 6.07 Å². The van der Waals surface area contributed by atoms with Crippen LogP contribution in [0.1, 0.15) is 53.0 Å². The van der Waals surface area contributed by atoms with E-state index >= 15 is 0 Å². The Morgan fingerprint density at radius 2 is 1.08 bits per heavy atom. The summed E-state index contributed by atoms with van der Waals surface area (Å²) in [5.74, 6) is 0.122. The van der Waals surface area contributed by atoms with Crippen molar-refractivity contribution in [1.82, 2.24) is 14.5 Å². The van der Waals surface area contributed by atoms with Crippen molar-refractivity contribution in [3.63, 3.8) is 0 Å². The summed E-state index contributed by atoms with van der Waals surface area (Å²) >= 11 is 0. The predicted molar refractivity (Wildman–Crippen MR) is 271 cm³/mol. The number of fused-ring (bicyclic) bond motifs is 1. The molecule has 0 radical (unpaired) electrons. The van der Waals surface area contributed by atoms with Gasteiger partial charge in [-0.25, -0.2) is 4.98 Å². The summed E-state index contributed by atoms with van der Waals surface area (Å²) in [5.41, 5.74) is 17.9. The maximum atomic E-state index is 11.6. The molecule has 0 aliphatic heterocycles. The van der Waals surface area contributed by atoms with Crippen molar-refractivity contribution < 1.29 is 6.48 Å². The molecule has 10 aromatic rings. The number of para-hydroxylation sites is 2. The van der Waals surface area contributed by atoms with Gasteiger partial charge >= 0.3 is 0 Å². The third kappa shape index (κ3) is 8.04. The summed E-state index contributed by atoms with van der Waals surface area (Å²) in [5, 5.41) is 11.6. The quantitative estimate of drug-likeness (QED) is 0.157. The van der Waals surface area contributed by atoms with Crippen molar-refractivity contribution in [1.29, 1.82) is 0 Å². The van der Waals surface area contributed by atoms with Gasteiger partial charge in [-0.3, -0.25) is 9.55 Å². The summed E-state index contributed by atoms with van der Waals surface area (Å²) < 4.78 is 10.8. The topological polar surface area (TPSA) is 50.9 Å². The Labute approximate surface area is 383 Å². The van der Waals surface area contributed by atoms with Gasteiger partial charge in [-0.05, 0) is 128 Å². The third-order valence-corrected chi connectivity index (χ3v) is 12.4. The Hall–Kier alpha value is -7.82. The first-order valence-electron chi connectivity index (χ1n) is 22.8. The van der Waals surface area contributed by atoms with E-state index in [2.05, 4.69) is 177 Å². The highest BCUT2D eigenvalue weighted by atomic mass is 16.3. The van der Waals surface area contributed by atoms with Crippen LogP contribution in [-0.2, 0) is 5.41 Å². The molecule has 0 aliphatic carbocycles. The number of phenols is 1. The molecule has 8 aromatic carbocycles. The molecule has 4 heteroatoms. The van der Waals surface area contributed by atoms with Crippen molar-refractivity contribution in [2.75, 3.05) is 0 Å². The summed E-state index contributed by atoms with van der Waals surface area (Å²) in [4.78, 5) is 10.5. The number of benzene rings is 8. The zero-order valence-corrected chi connectivity index (χ0v) is 37.4. The first kappa shape index (κ1) is 40.0. The standard InChI is InChI=1S/C61H51N3O/c1-40(2)41-28-30-43(31-29-41)46-32-33-62-55(37-46)49-35-47(42-18-9-6-10-19-42)34-48(36-49)50-25-17-26-56-59(50)63-60(51-24-15-16-27-58(51)65)64(56)57-39-52(44-20-11-7-12-21-44)54(61(3,4)5)38-53(57)45-22-13-8-14-23-45/h6-40,65H,1-5H3/i40D. The molecule has 65 heavy (non-hydrogen) atoms. The second-order valence-corrected chi connectivity index (χ2v) is 18.0. The molecule has 4 nitrogen and oxygen atoms in total. The van der Waals surface area contributed by atoms with Crippen LogP contribution in [-0.4, -0.2) is 19.6 Å². The highest BCUT2D eigenvalue weighted by molar-refractivity contribution is 5.99. The Morgan fingerprint density at radius 1 is 0.492 bits per heavy atom. The Balaban J connectivity index is 1.23. The molecular formula is C61H51N3O. The Kier molecular flexibility index (Phi) is 10.5. The number of aromatic nitrogens is 3. The van der Waals surface area contributed by atoms with Gasteiger partial charge in [0.1, 0.15) is 11.6 Å². The SMILES string of the molecule is [2H]C(C)(C)c1ccc(-c2ccnc(-c3cc(-c4ccccc4)cc(-c4cccc5c4nc(-c4ccccc4O)n5-c4cc(-c5ccccc5)c(C(C)(C)C)cc4-c4ccccc4)c3)c2)cc1. The highest BCUT2D eigenvalue weighted by Gasteiger charge is 2.27. The molecule has 0 fully saturated rings. The number of pyridine rings is 1. The lowest BCUT2D eigenvalue weighted by Crippen LogP contribution is -2.14. The fourth-order valence-electron chi connectivity index (χ4n) is 9.01. The van der Waals surface area contributed by atoms with Crippen LogP contribution in [0.2, 0.25) is 0 Å². The van der Waals surface area contributed by atoms with Gasteiger partial charge in [-0.2, -0.15) is 0 Å². The molecule has 0 bridgehead atoms. The van der Waals surface area contributed by atoms with Crippen LogP contribution in [0.5, 0.6) is 5.75 Å². The molecule has 0 amide bonds. The van der Waals surface area contributed by atoms with Gasteiger partial charge in [0, 0.05) is 24.3 Å². The van der Waals surface area contributed by atoms with Crippen LogP contribution in [0.3, 0.4) is 0 Å². The minimum absolute atomic E-state index is 0.156. The van der Waals surface area contributed by atoms with E-state index in [0.29, 0.717) is 11.4 Å². The average molecular weight is 843 g/mol. The lowest BCUT2D eigenvalue weighted by atomic mass is 9.79. The van der Waals surface area contributed by atoms with Gasteiger partial charge in [-0.15, -0.1) is 0 Å². The zero-order valence-electron chi connectivity index (χ0n) is 38.4. The third-order valence-electron chi connectivity index (χ3n) is 12.4. The van der Waals surface area contributed by atoms with E-state index in [1.165, 1.54) is 5.56 Å². The minimum Gasteiger partial charge on any atom is -0.507 e. The monoisotopic (exact) mass is 842 g/mol. The number of phenolic OH excluding ortho intramolecular Hbond substituents is 1. The summed E-state index contributed by atoms with van der Waals surface area (Å²) in [6, 6.07) is 69.4. The van der Waals surface area contributed by atoms with E-state index in [0.717, 1.165) is 89.2 Å². The smallest absolute Gasteiger partial charge is 0.149 e. The molecule has 0 saturated carbocycles. The van der Waals surface area contributed by atoms with Gasteiger partial charge in [0.15, 0.2) is 0 Å². The molecule has 0 aliphatic rings. The van der Waals surface area contributed by atoms with Crippen molar-refractivity contribution in [3.05, 3.63) is 218 Å². The highest BCUT2D eigenvalue weighted by Crippen LogP contribution is 2.45. The molecule has 10 rings (SSSR count). The Bertz CT molecular complexity index is 3360. The lowest BCUT2D eigenvalue weighted by Gasteiger charge is -2.27. The lowest BCUT2D eigenvalue weighted by molar-refractivity contribution is 0.477. The average Bonchev–Trinajstić information content (AvgIpc) is 3.73. The van der Waals surface area contributed by atoms with E-state index < -0.39 is 5.89 Å². The molecule has 1 N–H and O–H groups in total. The zero-order chi connectivity index (χ0) is 45.6. The van der Waals surface area contributed by atoms with Crippen molar-refractivity contribution in [3.8, 4) is 89.7 Å². The molecule has 2 heterocycles. The first-order valence-corrected chi connectivity index (χ1v) is 22.3. The van der Waals surface area contributed by atoms with E-state index in [4.69, 9.17) is 11.3 Å². The second-order valence-electron chi connectivity index (χ2n) is 18.0. The Morgan fingerprint density at radius 3 is 1.74 bits per heavy atom. The summed E-state index contributed by atoms with van der Waals surface area (Å²) in [7, 11) is 0. The second kappa shape index (κ2) is 17.0. The van der Waals surface area contributed by atoms with Gasteiger partial charge in [-0.1, -0.05) is 174 Å². The van der Waals surface area contributed by atoms with Crippen LogP contribution in [0.4, 0.5) is 0 Å². The number of aromatic hydroxyl groups is 1. The first-order chi connectivity index (χ1) is 31.9. The molecular weight excluding hydrogens is 791 g/mol. The van der Waals surface area contributed by atoms with Gasteiger partial charge in [0.05, 0.1) is 28.0 Å². The van der Waals surface area contributed by atoms with Crippen LogP contribution < -0.4 is 0 Å². The summed E-state index contributed by atoms with van der Waals surface area (Å²) in [6.45, 7) is 10.6. The number of hydrogen-bond donors (Lipinski definition) is 1. The molecule has 0 spiro atoms. The number of imidazole rings is 1. The van der Waals surface area contributed by atoms with Gasteiger partial charge in [0.25, 0.3) is 0 Å². The number of rotatable bonds is 9. The molecule has 316 valence electrons. The number of hydrogen-bond acceptors (Lipinski definition) is 3. The van der Waals surface area contributed by atoms with E-state index in [9.17, 15) is 5.11 Å². The molecule has 0 saturated heterocycles. The molecule has 2 aromatic heterocycles. The summed E-state index contributed by atoms with van der Waals surface area (Å²) in [6.07, 6.45) is 1.88. The van der Waals surface area contributed by atoms with Crippen molar-refractivity contribution in [2.24, 2.45) is 0 Å². The molecule has 0 atom stereocenters. The van der Waals surface area contributed by atoms with Gasteiger partial charge < -0.3 is 5.11 Å². The fraction of sp³-hybridized carbons (Fsp3) is 0.115. The predicted octanol–water partition coefficient (Wildman–Crippen LogP) is 16.2. The minimum atomic E-state index is -0.677. The van der Waals surface area contributed by atoms with Gasteiger partial charge in [0.2, 0.25) is 0 Å². The molecule has 0 unspecified atom stereocenters. The normalized spacial score (nSPS) is 12.0. The van der Waals surface area contributed by atoms with Crippen molar-refractivity contribution >= 4 is 11.0 Å². The van der Waals surface area contributed by atoms with E-state index in [1.807, 2.05) is 62.5 Å². The van der Waals surface area contributed by atoms with Crippen LogP contribution in [0, 0.1) is 0 Å². The number of nitrogens with zero attached hydrogens (tertiary/aromatic N) is 3. The van der Waals surface area contributed by atoms with Crippen LogP contribution >= 0.6 is 0 Å². The van der Waals surface area contributed by atoms with E-state index in [-0.39, 0.29) is 11.2 Å². The van der Waals surface area contributed by atoms with Crippen LogP contribution in [0.15, 0.2) is 206 Å².